The molecule has 29 heavy (non-hydrogen) atoms. The maximum Gasteiger partial charge on any atom is 0.219 e. The Morgan fingerprint density at radius 1 is 0.966 bits per heavy atom. The number of methoxy groups -OCH3 is 1. The van der Waals surface area contributed by atoms with Crippen LogP contribution in [0.5, 0.6) is 5.88 Å². The van der Waals surface area contributed by atoms with Crippen LogP contribution in [0.3, 0.4) is 0 Å². The molecule has 0 aliphatic rings. The number of aliphatic hydroxyl groups excluding tert-OH is 1. The lowest BCUT2D eigenvalue weighted by Crippen LogP contribution is -2.28. The molecule has 3 rings (SSSR count). The highest BCUT2D eigenvalue weighted by Crippen LogP contribution is 2.26. The predicted molar refractivity (Wildman–Crippen MR) is 118 cm³/mol. The minimum atomic E-state index is 0.0253. The first-order chi connectivity index (χ1) is 14.1. The maximum atomic E-state index is 9.16. The summed E-state index contributed by atoms with van der Waals surface area (Å²) < 4.78 is 5.45. The van der Waals surface area contributed by atoms with Gasteiger partial charge in [0.2, 0.25) is 5.88 Å². The fraction of sp³-hybridized carbons (Fsp3) is 0.292. The van der Waals surface area contributed by atoms with E-state index >= 15 is 0 Å². The number of rotatable bonds is 9. The van der Waals surface area contributed by atoms with E-state index in [2.05, 4.69) is 65.0 Å². The molecule has 0 spiro atoms. The molecule has 0 saturated carbocycles. The first-order valence-corrected chi connectivity index (χ1v) is 9.88. The van der Waals surface area contributed by atoms with E-state index in [0.717, 1.165) is 11.4 Å². The molecular formula is C24H29N3O2. The second-order valence-electron chi connectivity index (χ2n) is 7.14. The van der Waals surface area contributed by atoms with Crippen molar-refractivity contribution < 1.29 is 9.84 Å². The van der Waals surface area contributed by atoms with Gasteiger partial charge in [-0.3, -0.25) is 0 Å². The number of aliphatic hydroxyl groups is 1. The van der Waals surface area contributed by atoms with Crippen LogP contribution in [0.25, 0.3) is 11.1 Å². The van der Waals surface area contributed by atoms with E-state index in [-0.39, 0.29) is 12.6 Å². The molecule has 0 amide bonds. The molecule has 5 nitrogen and oxygen atoms in total. The van der Waals surface area contributed by atoms with Crippen molar-refractivity contribution in [2.45, 2.75) is 33.0 Å². The Hall–Kier alpha value is -2.89. The summed E-state index contributed by atoms with van der Waals surface area (Å²) in [7, 11) is 1.62. The number of ether oxygens (including phenoxy) is 1. The van der Waals surface area contributed by atoms with E-state index in [4.69, 9.17) is 9.84 Å². The Bertz CT molecular complexity index is 929. The van der Waals surface area contributed by atoms with Crippen LogP contribution < -0.4 is 15.4 Å². The summed E-state index contributed by atoms with van der Waals surface area (Å²) in [5, 5.41) is 15.8. The van der Waals surface area contributed by atoms with Gasteiger partial charge in [-0.15, -0.1) is 0 Å². The van der Waals surface area contributed by atoms with Crippen molar-refractivity contribution in [3.63, 3.8) is 0 Å². The number of anilines is 1. The standard InChI is InChI=1S/C24H29N3O2/c1-17(16-28)25-15-21-12-13-23(27-24(21)29-3)26-14-20-10-7-11-22(18(20)2)19-8-5-4-6-9-19/h4-13,17,25,28H,14-16H2,1-3H3,(H,26,27)/t17-/m0/s1. The average Bonchev–Trinajstić information content (AvgIpc) is 2.77. The van der Waals surface area contributed by atoms with Gasteiger partial charge < -0.3 is 20.5 Å². The molecule has 1 atom stereocenters. The molecule has 2 aromatic carbocycles. The first kappa shape index (κ1) is 20.8. The zero-order valence-electron chi connectivity index (χ0n) is 17.3. The van der Waals surface area contributed by atoms with Crippen LogP contribution in [0, 0.1) is 6.92 Å². The van der Waals surface area contributed by atoms with Gasteiger partial charge in [0.1, 0.15) is 5.82 Å². The molecule has 0 aliphatic carbocycles. The molecule has 3 N–H and O–H groups in total. The molecule has 0 fully saturated rings. The topological polar surface area (TPSA) is 66.4 Å². The number of nitrogens with zero attached hydrogens (tertiary/aromatic N) is 1. The average molecular weight is 392 g/mol. The van der Waals surface area contributed by atoms with E-state index in [0.29, 0.717) is 19.0 Å². The quantitative estimate of drug-likeness (QED) is 0.511. The molecule has 152 valence electrons. The van der Waals surface area contributed by atoms with Crippen LogP contribution in [-0.2, 0) is 13.1 Å². The number of pyridine rings is 1. The smallest absolute Gasteiger partial charge is 0.219 e. The van der Waals surface area contributed by atoms with Crippen LogP contribution >= 0.6 is 0 Å². The van der Waals surface area contributed by atoms with Crippen molar-refractivity contribution in [2.75, 3.05) is 19.0 Å². The summed E-state index contributed by atoms with van der Waals surface area (Å²) in [6.07, 6.45) is 0. The Labute approximate surface area is 172 Å². The van der Waals surface area contributed by atoms with E-state index in [1.54, 1.807) is 7.11 Å². The number of hydrogen-bond acceptors (Lipinski definition) is 5. The zero-order chi connectivity index (χ0) is 20.6. The fourth-order valence-electron chi connectivity index (χ4n) is 3.22. The summed E-state index contributed by atoms with van der Waals surface area (Å²) in [5.74, 6) is 1.35. The summed E-state index contributed by atoms with van der Waals surface area (Å²) in [6, 6.07) is 20.8. The molecule has 0 bridgehead atoms. The highest BCUT2D eigenvalue weighted by atomic mass is 16.5. The van der Waals surface area contributed by atoms with Crippen LogP contribution in [0.1, 0.15) is 23.6 Å². The van der Waals surface area contributed by atoms with Crippen LogP contribution in [-0.4, -0.2) is 29.8 Å². The molecular weight excluding hydrogens is 362 g/mol. The monoisotopic (exact) mass is 391 g/mol. The van der Waals surface area contributed by atoms with Crippen molar-refractivity contribution in [1.29, 1.82) is 0 Å². The second kappa shape index (κ2) is 10.0. The van der Waals surface area contributed by atoms with Crippen LogP contribution in [0.2, 0.25) is 0 Å². The fourth-order valence-corrected chi connectivity index (χ4v) is 3.22. The van der Waals surface area contributed by atoms with Gasteiger partial charge in [0.25, 0.3) is 0 Å². The molecule has 1 aromatic heterocycles. The summed E-state index contributed by atoms with van der Waals surface area (Å²) in [6.45, 7) is 5.46. The minimum absolute atomic E-state index is 0.0253. The summed E-state index contributed by atoms with van der Waals surface area (Å²) in [5.41, 5.74) is 5.92. The van der Waals surface area contributed by atoms with Gasteiger partial charge in [0.05, 0.1) is 13.7 Å². The minimum Gasteiger partial charge on any atom is -0.481 e. The van der Waals surface area contributed by atoms with E-state index in [1.807, 2.05) is 25.1 Å². The molecule has 0 unspecified atom stereocenters. The summed E-state index contributed by atoms with van der Waals surface area (Å²) >= 11 is 0. The third-order valence-corrected chi connectivity index (χ3v) is 5.04. The second-order valence-corrected chi connectivity index (χ2v) is 7.14. The molecule has 0 radical (unpaired) electrons. The molecule has 5 heteroatoms. The van der Waals surface area contributed by atoms with Gasteiger partial charge in [0.15, 0.2) is 0 Å². The number of hydrogen-bond donors (Lipinski definition) is 3. The number of benzene rings is 2. The van der Waals surface area contributed by atoms with E-state index in [1.165, 1.54) is 22.3 Å². The van der Waals surface area contributed by atoms with Crippen molar-refractivity contribution in [3.8, 4) is 17.0 Å². The SMILES string of the molecule is COc1nc(NCc2cccc(-c3ccccc3)c2C)ccc1CN[C@@H](C)CO. The maximum absolute atomic E-state index is 9.16. The first-order valence-electron chi connectivity index (χ1n) is 9.88. The lowest BCUT2D eigenvalue weighted by Gasteiger charge is -2.15. The molecule has 3 aromatic rings. The highest BCUT2D eigenvalue weighted by molar-refractivity contribution is 5.68. The van der Waals surface area contributed by atoms with Crippen molar-refractivity contribution in [3.05, 3.63) is 77.4 Å². The molecule has 1 heterocycles. The van der Waals surface area contributed by atoms with Gasteiger partial charge >= 0.3 is 0 Å². The van der Waals surface area contributed by atoms with Crippen molar-refractivity contribution >= 4 is 5.82 Å². The third-order valence-electron chi connectivity index (χ3n) is 5.04. The van der Waals surface area contributed by atoms with Crippen molar-refractivity contribution in [2.24, 2.45) is 0 Å². The highest BCUT2D eigenvalue weighted by Gasteiger charge is 2.10. The Morgan fingerprint density at radius 3 is 2.48 bits per heavy atom. The molecule has 0 saturated heterocycles. The normalized spacial score (nSPS) is 11.9. The lowest BCUT2D eigenvalue weighted by atomic mass is 9.96. The Morgan fingerprint density at radius 2 is 1.76 bits per heavy atom. The van der Waals surface area contributed by atoms with Gasteiger partial charge in [-0.05, 0) is 48.2 Å². The largest absolute Gasteiger partial charge is 0.481 e. The summed E-state index contributed by atoms with van der Waals surface area (Å²) in [4.78, 5) is 4.58. The van der Waals surface area contributed by atoms with Crippen LogP contribution in [0.15, 0.2) is 60.7 Å². The number of aromatic nitrogens is 1. The zero-order valence-corrected chi connectivity index (χ0v) is 17.3. The van der Waals surface area contributed by atoms with E-state index < -0.39 is 0 Å². The van der Waals surface area contributed by atoms with Crippen molar-refractivity contribution in [1.82, 2.24) is 10.3 Å². The molecule has 0 aliphatic heterocycles. The van der Waals surface area contributed by atoms with Gasteiger partial charge in [-0.25, -0.2) is 0 Å². The Kier molecular flexibility index (Phi) is 7.22. The van der Waals surface area contributed by atoms with Crippen LogP contribution in [0.4, 0.5) is 5.82 Å². The predicted octanol–water partition coefficient (Wildman–Crippen LogP) is 4.15. The lowest BCUT2D eigenvalue weighted by molar-refractivity contribution is 0.250. The Balaban J connectivity index is 1.71. The number of nitrogens with one attached hydrogen (secondary N) is 2. The van der Waals surface area contributed by atoms with Gasteiger partial charge in [-0.1, -0.05) is 48.5 Å². The third kappa shape index (κ3) is 5.34. The van der Waals surface area contributed by atoms with Gasteiger partial charge in [-0.2, -0.15) is 4.98 Å². The van der Waals surface area contributed by atoms with Gasteiger partial charge in [0, 0.05) is 24.7 Å². The van der Waals surface area contributed by atoms with E-state index in [9.17, 15) is 0 Å².